The van der Waals surface area contributed by atoms with Gasteiger partial charge in [-0.25, -0.2) is 9.78 Å². The van der Waals surface area contributed by atoms with E-state index in [0.717, 1.165) is 16.3 Å². The second kappa shape index (κ2) is 7.92. The smallest absolute Gasteiger partial charge is 0.319 e. The van der Waals surface area contributed by atoms with Crippen molar-refractivity contribution in [2.45, 2.75) is 33.6 Å². The molecular formula is C17H22N4O2S. The predicted molar refractivity (Wildman–Crippen MR) is 97.8 cm³/mol. The van der Waals surface area contributed by atoms with Crippen LogP contribution in [0.15, 0.2) is 23.6 Å². The summed E-state index contributed by atoms with van der Waals surface area (Å²) in [6, 6.07) is 5.10. The first kappa shape index (κ1) is 17.9. The van der Waals surface area contributed by atoms with Gasteiger partial charge in [0.2, 0.25) is 5.91 Å². The van der Waals surface area contributed by atoms with E-state index in [-0.39, 0.29) is 17.9 Å². The first-order chi connectivity index (χ1) is 11.3. The van der Waals surface area contributed by atoms with Crippen molar-refractivity contribution in [3.8, 4) is 0 Å². The Kier molecular flexibility index (Phi) is 5.92. The number of urea groups is 1. The summed E-state index contributed by atoms with van der Waals surface area (Å²) in [4.78, 5) is 27.7. The van der Waals surface area contributed by atoms with Crippen molar-refractivity contribution in [2.24, 2.45) is 0 Å². The first-order valence-electron chi connectivity index (χ1n) is 7.70. The Morgan fingerprint density at radius 2 is 2.00 bits per heavy atom. The van der Waals surface area contributed by atoms with E-state index in [4.69, 9.17) is 0 Å². The maximum atomic E-state index is 12.0. The minimum atomic E-state index is -0.284. The summed E-state index contributed by atoms with van der Waals surface area (Å²) in [5, 5.41) is 11.4. The molecule has 24 heavy (non-hydrogen) atoms. The molecule has 3 amide bonds. The Hall–Kier alpha value is -2.41. The van der Waals surface area contributed by atoms with E-state index in [2.05, 4.69) is 20.9 Å². The molecule has 1 heterocycles. The normalized spacial score (nSPS) is 11.7. The van der Waals surface area contributed by atoms with E-state index >= 15 is 0 Å². The van der Waals surface area contributed by atoms with Gasteiger partial charge in [0.25, 0.3) is 0 Å². The minimum Gasteiger partial charge on any atom is -0.337 e. The summed E-state index contributed by atoms with van der Waals surface area (Å²) in [7, 11) is 0. The second-order valence-corrected chi connectivity index (χ2v) is 6.66. The third kappa shape index (κ3) is 5.06. The largest absolute Gasteiger partial charge is 0.337 e. The van der Waals surface area contributed by atoms with Gasteiger partial charge in [-0.3, -0.25) is 4.79 Å². The molecule has 3 N–H and O–H groups in total. The fourth-order valence-electron chi connectivity index (χ4n) is 2.13. The standard InChI is InChI=1S/C17H22N4O2S/c1-10-5-6-14(7-15(10)20-13(4)22)21-17(23)18-8-11(2)16-19-12(3)9-24-16/h5-7,9,11H,8H2,1-4H3,(H,20,22)(H2,18,21,23)/t11-/m0/s1. The highest BCUT2D eigenvalue weighted by Crippen LogP contribution is 2.21. The first-order valence-corrected chi connectivity index (χ1v) is 8.58. The maximum absolute atomic E-state index is 12.0. The van der Waals surface area contributed by atoms with E-state index in [1.165, 1.54) is 6.92 Å². The van der Waals surface area contributed by atoms with Crippen LogP contribution < -0.4 is 16.0 Å². The zero-order chi connectivity index (χ0) is 17.7. The van der Waals surface area contributed by atoms with Crippen molar-refractivity contribution in [1.82, 2.24) is 10.3 Å². The van der Waals surface area contributed by atoms with Crippen LogP contribution in [0.4, 0.5) is 16.2 Å². The van der Waals surface area contributed by atoms with Gasteiger partial charge in [-0.1, -0.05) is 13.0 Å². The summed E-state index contributed by atoms with van der Waals surface area (Å²) in [6.07, 6.45) is 0. The lowest BCUT2D eigenvalue weighted by Crippen LogP contribution is -2.31. The molecule has 0 spiro atoms. The van der Waals surface area contributed by atoms with Crippen molar-refractivity contribution in [2.75, 3.05) is 17.2 Å². The van der Waals surface area contributed by atoms with E-state index < -0.39 is 0 Å². The predicted octanol–water partition coefficient (Wildman–Crippen LogP) is 3.64. The van der Waals surface area contributed by atoms with Crippen molar-refractivity contribution < 1.29 is 9.59 Å². The number of rotatable bonds is 5. The Labute approximate surface area is 145 Å². The highest BCUT2D eigenvalue weighted by atomic mass is 32.1. The number of hydrogen-bond donors (Lipinski definition) is 3. The molecule has 6 nitrogen and oxygen atoms in total. The topological polar surface area (TPSA) is 83.1 Å². The Morgan fingerprint density at radius 3 is 2.62 bits per heavy atom. The molecule has 0 saturated carbocycles. The SMILES string of the molecule is CC(=O)Nc1cc(NC(=O)NC[C@H](C)c2nc(C)cs2)ccc1C. The van der Waals surface area contributed by atoms with Crippen LogP contribution in [0.3, 0.4) is 0 Å². The summed E-state index contributed by atoms with van der Waals surface area (Å²) in [6.45, 7) is 7.83. The van der Waals surface area contributed by atoms with Gasteiger partial charge in [-0.05, 0) is 31.5 Å². The van der Waals surface area contributed by atoms with Crippen LogP contribution in [0.1, 0.15) is 36.0 Å². The monoisotopic (exact) mass is 346 g/mol. The lowest BCUT2D eigenvalue weighted by molar-refractivity contribution is -0.114. The number of amides is 3. The highest BCUT2D eigenvalue weighted by molar-refractivity contribution is 7.09. The summed E-state index contributed by atoms with van der Waals surface area (Å²) >= 11 is 1.60. The van der Waals surface area contributed by atoms with Crippen LogP contribution in [0.25, 0.3) is 0 Å². The lowest BCUT2D eigenvalue weighted by atomic mass is 10.1. The lowest BCUT2D eigenvalue weighted by Gasteiger charge is -2.13. The zero-order valence-electron chi connectivity index (χ0n) is 14.3. The summed E-state index contributed by atoms with van der Waals surface area (Å²) in [5.74, 6) is 0.00896. The van der Waals surface area contributed by atoms with Crippen LogP contribution >= 0.6 is 11.3 Å². The molecule has 0 aliphatic carbocycles. The van der Waals surface area contributed by atoms with E-state index in [9.17, 15) is 9.59 Å². The van der Waals surface area contributed by atoms with Gasteiger partial charge < -0.3 is 16.0 Å². The van der Waals surface area contributed by atoms with E-state index in [1.807, 2.05) is 32.2 Å². The fraction of sp³-hybridized carbons (Fsp3) is 0.353. The third-order valence-electron chi connectivity index (χ3n) is 3.43. The molecule has 2 aromatic rings. The average Bonchev–Trinajstić information content (AvgIpc) is 2.94. The summed E-state index contributed by atoms with van der Waals surface area (Å²) < 4.78 is 0. The van der Waals surface area contributed by atoms with E-state index in [0.29, 0.717) is 17.9 Å². The molecule has 0 aliphatic heterocycles. The molecule has 1 aromatic heterocycles. The van der Waals surface area contributed by atoms with Crippen molar-refractivity contribution in [1.29, 1.82) is 0 Å². The molecule has 7 heteroatoms. The fourth-order valence-corrected chi connectivity index (χ4v) is 2.99. The van der Waals surface area contributed by atoms with Crippen LogP contribution in [0.2, 0.25) is 0 Å². The number of carbonyl (C=O) groups is 2. The van der Waals surface area contributed by atoms with Gasteiger partial charge in [-0.15, -0.1) is 11.3 Å². The van der Waals surface area contributed by atoms with Crippen molar-refractivity contribution in [3.63, 3.8) is 0 Å². The average molecular weight is 346 g/mol. The number of carbonyl (C=O) groups excluding carboxylic acids is 2. The Bertz CT molecular complexity index is 742. The number of aryl methyl sites for hydroxylation is 2. The minimum absolute atomic E-state index is 0.146. The zero-order valence-corrected chi connectivity index (χ0v) is 15.1. The van der Waals surface area contributed by atoms with Gasteiger partial charge in [0.15, 0.2) is 0 Å². The van der Waals surface area contributed by atoms with Crippen LogP contribution in [-0.2, 0) is 4.79 Å². The maximum Gasteiger partial charge on any atom is 0.319 e. The molecular weight excluding hydrogens is 324 g/mol. The van der Waals surface area contributed by atoms with Crippen LogP contribution in [0, 0.1) is 13.8 Å². The molecule has 0 bridgehead atoms. The number of thiazole rings is 1. The van der Waals surface area contributed by atoms with Gasteiger partial charge in [0.05, 0.1) is 5.01 Å². The molecule has 0 fully saturated rings. The number of anilines is 2. The quantitative estimate of drug-likeness (QED) is 0.773. The summed E-state index contributed by atoms with van der Waals surface area (Å²) in [5.41, 5.74) is 3.24. The van der Waals surface area contributed by atoms with Gasteiger partial charge >= 0.3 is 6.03 Å². The number of benzene rings is 1. The molecule has 0 saturated heterocycles. The van der Waals surface area contributed by atoms with Crippen molar-refractivity contribution in [3.05, 3.63) is 39.8 Å². The van der Waals surface area contributed by atoms with Gasteiger partial charge in [0, 0.05) is 41.8 Å². The van der Waals surface area contributed by atoms with Gasteiger partial charge in [-0.2, -0.15) is 0 Å². The Balaban J connectivity index is 1.91. The van der Waals surface area contributed by atoms with Crippen molar-refractivity contribution >= 4 is 34.6 Å². The molecule has 1 atom stereocenters. The van der Waals surface area contributed by atoms with Crippen LogP contribution in [-0.4, -0.2) is 23.5 Å². The van der Waals surface area contributed by atoms with Crippen LogP contribution in [0.5, 0.6) is 0 Å². The molecule has 0 aliphatic rings. The molecule has 0 radical (unpaired) electrons. The molecule has 2 rings (SSSR count). The number of hydrogen-bond acceptors (Lipinski definition) is 4. The molecule has 0 unspecified atom stereocenters. The second-order valence-electron chi connectivity index (χ2n) is 5.77. The van der Waals surface area contributed by atoms with Gasteiger partial charge in [0.1, 0.15) is 0 Å². The molecule has 128 valence electrons. The number of nitrogens with zero attached hydrogens (tertiary/aromatic N) is 1. The number of aromatic nitrogens is 1. The van der Waals surface area contributed by atoms with E-state index in [1.54, 1.807) is 23.5 Å². The highest BCUT2D eigenvalue weighted by Gasteiger charge is 2.11. The number of nitrogens with one attached hydrogen (secondary N) is 3. The Morgan fingerprint density at radius 1 is 1.25 bits per heavy atom. The third-order valence-corrected chi connectivity index (χ3v) is 4.63. The molecule has 1 aromatic carbocycles.